The molecule has 1 amide bonds. The summed E-state index contributed by atoms with van der Waals surface area (Å²) in [5.41, 5.74) is 6.19. The van der Waals surface area contributed by atoms with Gasteiger partial charge in [0.1, 0.15) is 24.8 Å². The molecular formula is C25H34N6O4. The summed E-state index contributed by atoms with van der Waals surface area (Å²) in [7, 11) is 0. The van der Waals surface area contributed by atoms with Crippen molar-refractivity contribution in [3.05, 3.63) is 35.4 Å². The first-order valence-corrected chi connectivity index (χ1v) is 12.4. The average molecular weight is 483 g/mol. The zero-order chi connectivity index (χ0) is 24.6. The normalized spacial score (nSPS) is 16.2. The summed E-state index contributed by atoms with van der Waals surface area (Å²) in [4.78, 5) is 24.6. The van der Waals surface area contributed by atoms with Crippen LogP contribution in [0.4, 0.5) is 16.4 Å². The number of anilines is 2. The summed E-state index contributed by atoms with van der Waals surface area (Å²) in [6.45, 7) is 7.67. The molecule has 10 heteroatoms. The van der Waals surface area contributed by atoms with Gasteiger partial charge in [-0.3, -0.25) is 5.43 Å². The van der Waals surface area contributed by atoms with Crippen molar-refractivity contribution in [1.29, 1.82) is 0 Å². The second kappa shape index (κ2) is 11.7. The van der Waals surface area contributed by atoms with Gasteiger partial charge >= 0.3 is 12.1 Å². The molecule has 0 radical (unpaired) electrons. The molecule has 0 unspecified atom stereocenters. The second-order valence-electron chi connectivity index (χ2n) is 8.70. The van der Waals surface area contributed by atoms with Gasteiger partial charge in [-0.15, -0.1) is 0 Å². The predicted molar refractivity (Wildman–Crippen MR) is 134 cm³/mol. The van der Waals surface area contributed by atoms with E-state index in [-0.39, 0.29) is 24.5 Å². The Morgan fingerprint density at radius 3 is 2.77 bits per heavy atom. The van der Waals surface area contributed by atoms with Crippen molar-refractivity contribution in [2.24, 2.45) is 5.10 Å². The first-order valence-electron chi connectivity index (χ1n) is 12.4. The summed E-state index contributed by atoms with van der Waals surface area (Å²) in [5.74, 6) is 1.59. The first kappa shape index (κ1) is 24.6. The number of carbonyl (C=O) groups excluding carboxylic acids is 1. The molecule has 0 saturated carbocycles. The molecular weight excluding hydrogens is 448 g/mol. The Morgan fingerprint density at radius 1 is 1.20 bits per heavy atom. The van der Waals surface area contributed by atoms with E-state index in [2.05, 4.69) is 39.2 Å². The average Bonchev–Trinajstić information content (AvgIpc) is 3.26. The fourth-order valence-electron chi connectivity index (χ4n) is 4.34. The number of phenols is 1. The van der Waals surface area contributed by atoms with Crippen LogP contribution in [0, 0.1) is 0 Å². The van der Waals surface area contributed by atoms with E-state index in [1.54, 1.807) is 11.0 Å². The number of rotatable bonds is 11. The van der Waals surface area contributed by atoms with E-state index in [1.807, 2.05) is 18.2 Å². The van der Waals surface area contributed by atoms with Gasteiger partial charge < -0.3 is 24.4 Å². The summed E-state index contributed by atoms with van der Waals surface area (Å²) in [5, 5.41) is 14.5. The van der Waals surface area contributed by atoms with Crippen molar-refractivity contribution in [3.63, 3.8) is 0 Å². The maximum absolute atomic E-state index is 11.7. The molecule has 10 nitrogen and oxygen atoms in total. The Bertz CT molecular complexity index is 1050. The lowest BCUT2D eigenvalue weighted by atomic mass is 9.90. The third-order valence-electron chi connectivity index (χ3n) is 6.01. The highest BCUT2D eigenvalue weighted by atomic mass is 16.6. The van der Waals surface area contributed by atoms with Crippen LogP contribution in [0.2, 0.25) is 0 Å². The van der Waals surface area contributed by atoms with Crippen LogP contribution in [-0.4, -0.2) is 71.2 Å². The SMILES string of the molecule is CCCN(CCC)c1cc(N/N=C2\CCCc3cc(O)ccc32)nc(OCCN2CCOC2=O)n1. The Morgan fingerprint density at radius 2 is 2.03 bits per heavy atom. The molecule has 1 aliphatic carbocycles. The third-order valence-corrected chi connectivity index (χ3v) is 6.01. The molecule has 2 aliphatic rings. The molecule has 1 aromatic carbocycles. The molecule has 0 bridgehead atoms. The van der Waals surface area contributed by atoms with E-state index in [9.17, 15) is 9.90 Å². The highest BCUT2D eigenvalue weighted by Gasteiger charge is 2.22. The standard InChI is InChI=1S/C25H34N6O4/c1-3-10-30(11-4-2)23-17-22(26-24(27-23)34-14-12-31-13-15-35-25(31)33)29-28-21-7-5-6-18-16-19(32)8-9-20(18)21/h8-9,16-17,32H,3-7,10-15H2,1-2H3,(H,26,27,29)/b28-21+. The molecule has 1 fully saturated rings. The summed E-state index contributed by atoms with van der Waals surface area (Å²) < 4.78 is 10.8. The monoisotopic (exact) mass is 482 g/mol. The lowest BCUT2D eigenvalue weighted by Crippen LogP contribution is -2.29. The largest absolute Gasteiger partial charge is 0.508 e. The number of cyclic esters (lactones) is 1. The predicted octanol–water partition coefficient (Wildman–Crippen LogP) is 3.79. The zero-order valence-corrected chi connectivity index (χ0v) is 20.5. The highest BCUT2D eigenvalue weighted by molar-refractivity contribution is 6.03. The van der Waals surface area contributed by atoms with Crippen molar-refractivity contribution < 1.29 is 19.4 Å². The number of aryl methyl sites for hydroxylation is 1. The van der Waals surface area contributed by atoms with Gasteiger partial charge in [0.15, 0.2) is 5.82 Å². The van der Waals surface area contributed by atoms with Crippen LogP contribution in [0.3, 0.4) is 0 Å². The van der Waals surface area contributed by atoms with Crippen molar-refractivity contribution in [2.45, 2.75) is 46.0 Å². The number of hydrogen-bond acceptors (Lipinski definition) is 9. The molecule has 188 valence electrons. The van der Waals surface area contributed by atoms with Crippen molar-refractivity contribution in [1.82, 2.24) is 14.9 Å². The maximum Gasteiger partial charge on any atom is 0.410 e. The van der Waals surface area contributed by atoms with Crippen molar-refractivity contribution in [2.75, 3.05) is 49.7 Å². The van der Waals surface area contributed by atoms with Crippen molar-refractivity contribution in [3.8, 4) is 11.8 Å². The molecule has 2 heterocycles. The molecule has 1 aliphatic heterocycles. The maximum atomic E-state index is 11.7. The van der Waals surface area contributed by atoms with Crippen molar-refractivity contribution >= 4 is 23.4 Å². The number of fused-ring (bicyclic) bond motifs is 1. The lowest BCUT2D eigenvalue weighted by Gasteiger charge is -2.23. The Balaban J connectivity index is 1.54. The van der Waals surface area contributed by atoms with Gasteiger partial charge in [0.25, 0.3) is 0 Å². The number of amides is 1. The smallest absolute Gasteiger partial charge is 0.410 e. The van der Waals surface area contributed by atoms with Crippen LogP contribution in [0.25, 0.3) is 0 Å². The molecule has 2 N–H and O–H groups in total. The highest BCUT2D eigenvalue weighted by Crippen LogP contribution is 2.26. The number of ether oxygens (including phenoxy) is 2. The van der Waals surface area contributed by atoms with E-state index in [4.69, 9.17) is 9.47 Å². The number of benzene rings is 1. The van der Waals surface area contributed by atoms with Crippen LogP contribution in [-0.2, 0) is 11.2 Å². The number of hydrazone groups is 1. The number of nitrogens with zero attached hydrogens (tertiary/aromatic N) is 5. The number of nitrogens with one attached hydrogen (secondary N) is 1. The van der Waals surface area contributed by atoms with E-state index in [0.717, 1.165) is 67.9 Å². The Kier molecular flexibility index (Phi) is 8.23. The van der Waals surface area contributed by atoms with Gasteiger partial charge in [0, 0.05) is 24.7 Å². The van der Waals surface area contributed by atoms with Crippen LogP contribution >= 0.6 is 0 Å². The van der Waals surface area contributed by atoms with E-state index < -0.39 is 0 Å². The lowest BCUT2D eigenvalue weighted by molar-refractivity contribution is 0.152. The molecule has 4 rings (SSSR count). The van der Waals surface area contributed by atoms with Gasteiger partial charge in [0.2, 0.25) is 0 Å². The number of aromatic nitrogens is 2. The first-order chi connectivity index (χ1) is 17.1. The third kappa shape index (κ3) is 6.32. The number of carbonyl (C=O) groups is 1. The van der Waals surface area contributed by atoms with Gasteiger partial charge in [-0.05, 0) is 55.9 Å². The number of phenolic OH excluding ortho intramolecular Hbond substituents is 1. The van der Waals surface area contributed by atoms with Gasteiger partial charge in [0.05, 0.1) is 18.8 Å². The van der Waals surface area contributed by atoms with Gasteiger partial charge in [-0.1, -0.05) is 13.8 Å². The second-order valence-corrected chi connectivity index (χ2v) is 8.70. The topological polar surface area (TPSA) is 112 Å². The summed E-state index contributed by atoms with van der Waals surface area (Å²) >= 11 is 0. The summed E-state index contributed by atoms with van der Waals surface area (Å²) in [6.07, 6.45) is 4.40. The Hall–Kier alpha value is -3.56. The zero-order valence-electron chi connectivity index (χ0n) is 20.5. The minimum Gasteiger partial charge on any atom is -0.508 e. The molecule has 0 spiro atoms. The van der Waals surface area contributed by atoms with Crippen LogP contribution in [0.15, 0.2) is 29.4 Å². The van der Waals surface area contributed by atoms with Crippen LogP contribution in [0.1, 0.15) is 50.7 Å². The van der Waals surface area contributed by atoms with E-state index in [1.165, 1.54) is 0 Å². The molecule has 0 atom stereocenters. The fourth-order valence-corrected chi connectivity index (χ4v) is 4.34. The number of hydrogen-bond donors (Lipinski definition) is 2. The van der Waals surface area contributed by atoms with E-state index in [0.29, 0.717) is 25.5 Å². The Labute approximate surface area is 206 Å². The number of aromatic hydroxyl groups is 1. The van der Waals surface area contributed by atoms with Gasteiger partial charge in [-0.2, -0.15) is 15.1 Å². The fraction of sp³-hybridized carbons (Fsp3) is 0.520. The molecule has 2 aromatic rings. The molecule has 1 aromatic heterocycles. The van der Waals surface area contributed by atoms with E-state index >= 15 is 0 Å². The molecule has 35 heavy (non-hydrogen) atoms. The van der Waals surface area contributed by atoms with Gasteiger partial charge in [-0.25, -0.2) is 4.79 Å². The van der Waals surface area contributed by atoms with Crippen LogP contribution in [0.5, 0.6) is 11.8 Å². The minimum atomic E-state index is -0.320. The minimum absolute atomic E-state index is 0.240. The summed E-state index contributed by atoms with van der Waals surface area (Å²) in [6, 6.07) is 7.54. The quantitative estimate of drug-likeness (QED) is 0.465. The van der Waals surface area contributed by atoms with Crippen LogP contribution < -0.4 is 15.1 Å². The molecule has 1 saturated heterocycles.